The molecule has 1 atom stereocenters. The summed E-state index contributed by atoms with van der Waals surface area (Å²) in [6.07, 6.45) is -0.447. The molecule has 0 unspecified atom stereocenters. The van der Waals surface area contributed by atoms with Crippen LogP contribution in [0.15, 0.2) is 42.5 Å². The molecule has 2 aromatic carbocycles. The van der Waals surface area contributed by atoms with Crippen LogP contribution < -0.4 is 14.8 Å². The van der Waals surface area contributed by atoms with Crippen molar-refractivity contribution in [3.8, 4) is 22.6 Å². The second-order valence-electron chi connectivity index (χ2n) is 7.66. The average Bonchev–Trinajstić information content (AvgIpc) is 2.70. The Balaban J connectivity index is 2.32. The van der Waals surface area contributed by atoms with Crippen LogP contribution in [0.2, 0.25) is 0 Å². The molecule has 162 valence electrons. The van der Waals surface area contributed by atoms with Crippen molar-refractivity contribution in [2.75, 3.05) is 21.3 Å². The summed E-state index contributed by atoms with van der Waals surface area (Å²) < 4.78 is 21.1. The highest BCUT2D eigenvalue weighted by atomic mass is 16.6. The van der Waals surface area contributed by atoms with Crippen molar-refractivity contribution in [1.82, 2.24) is 5.32 Å². The van der Waals surface area contributed by atoms with E-state index in [2.05, 4.69) is 5.32 Å². The summed E-state index contributed by atoms with van der Waals surface area (Å²) in [7, 11) is 4.47. The van der Waals surface area contributed by atoms with Crippen LogP contribution in [0.1, 0.15) is 26.3 Å². The highest BCUT2D eigenvalue weighted by molar-refractivity contribution is 5.82. The van der Waals surface area contributed by atoms with E-state index in [4.69, 9.17) is 18.9 Å². The van der Waals surface area contributed by atoms with Gasteiger partial charge in [0, 0.05) is 6.42 Å². The Labute approximate surface area is 177 Å². The number of hydrogen-bond donors (Lipinski definition) is 1. The van der Waals surface area contributed by atoms with Gasteiger partial charge in [0.15, 0.2) is 0 Å². The number of amides is 1. The molecular weight excluding hydrogens is 386 g/mol. The van der Waals surface area contributed by atoms with Gasteiger partial charge < -0.3 is 24.3 Å². The van der Waals surface area contributed by atoms with Crippen LogP contribution in [0.4, 0.5) is 4.79 Å². The number of esters is 1. The molecule has 0 saturated carbocycles. The van der Waals surface area contributed by atoms with Crippen molar-refractivity contribution in [2.24, 2.45) is 0 Å². The second kappa shape index (κ2) is 10.0. The van der Waals surface area contributed by atoms with Gasteiger partial charge in [-0.05, 0) is 44.0 Å². The molecule has 1 amide bonds. The van der Waals surface area contributed by atoms with Crippen molar-refractivity contribution in [2.45, 2.75) is 38.8 Å². The van der Waals surface area contributed by atoms with Crippen LogP contribution in [-0.2, 0) is 20.7 Å². The zero-order valence-electron chi connectivity index (χ0n) is 18.3. The normalized spacial score (nSPS) is 11.9. The number of hydrogen-bond acceptors (Lipinski definition) is 6. The summed E-state index contributed by atoms with van der Waals surface area (Å²) in [4.78, 5) is 24.4. The van der Waals surface area contributed by atoms with Crippen LogP contribution in [0.3, 0.4) is 0 Å². The lowest BCUT2D eigenvalue weighted by Crippen LogP contribution is -2.45. The van der Waals surface area contributed by atoms with Gasteiger partial charge in [0.05, 0.1) is 26.9 Å². The van der Waals surface area contributed by atoms with Crippen molar-refractivity contribution in [1.29, 1.82) is 0 Å². The largest absolute Gasteiger partial charge is 0.496 e. The Hall–Kier alpha value is -3.22. The van der Waals surface area contributed by atoms with E-state index in [0.29, 0.717) is 11.5 Å². The van der Waals surface area contributed by atoms with Gasteiger partial charge in [0.1, 0.15) is 23.1 Å². The SMILES string of the molecule is COC(=O)[C@H](Cc1cccc(-c2c(OC)cccc2OC)c1)NC(=O)OC(C)(C)C. The first kappa shape index (κ1) is 23.1. The first-order valence-corrected chi connectivity index (χ1v) is 9.56. The van der Waals surface area contributed by atoms with Gasteiger partial charge in [-0.3, -0.25) is 0 Å². The van der Waals surface area contributed by atoms with Crippen LogP contribution in [0.25, 0.3) is 11.1 Å². The van der Waals surface area contributed by atoms with Gasteiger partial charge in [-0.1, -0.05) is 30.3 Å². The Morgan fingerprint density at radius 2 is 1.57 bits per heavy atom. The highest BCUT2D eigenvalue weighted by Gasteiger charge is 2.25. The van der Waals surface area contributed by atoms with E-state index < -0.39 is 23.7 Å². The smallest absolute Gasteiger partial charge is 0.408 e. The molecule has 0 spiro atoms. The molecule has 1 N–H and O–H groups in total. The fraction of sp³-hybridized carbons (Fsp3) is 0.391. The van der Waals surface area contributed by atoms with Crippen LogP contribution in [0.5, 0.6) is 11.5 Å². The first-order chi connectivity index (χ1) is 14.2. The first-order valence-electron chi connectivity index (χ1n) is 9.56. The van der Waals surface area contributed by atoms with Gasteiger partial charge in [-0.15, -0.1) is 0 Å². The fourth-order valence-electron chi connectivity index (χ4n) is 3.01. The Morgan fingerprint density at radius 1 is 0.967 bits per heavy atom. The van der Waals surface area contributed by atoms with Crippen LogP contribution in [0, 0.1) is 0 Å². The van der Waals surface area contributed by atoms with E-state index in [1.807, 2.05) is 42.5 Å². The summed E-state index contributed by atoms with van der Waals surface area (Å²) in [5.41, 5.74) is 1.82. The highest BCUT2D eigenvalue weighted by Crippen LogP contribution is 2.38. The minimum atomic E-state index is -0.889. The molecule has 7 heteroatoms. The monoisotopic (exact) mass is 415 g/mol. The number of methoxy groups -OCH3 is 3. The summed E-state index contributed by atoms with van der Waals surface area (Å²) in [5.74, 6) is 0.784. The minimum Gasteiger partial charge on any atom is -0.496 e. The number of benzene rings is 2. The molecule has 0 aliphatic carbocycles. The lowest BCUT2D eigenvalue weighted by molar-refractivity contribution is -0.143. The van der Waals surface area contributed by atoms with Gasteiger partial charge in [0.2, 0.25) is 0 Å². The van der Waals surface area contributed by atoms with E-state index in [0.717, 1.165) is 16.7 Å². The van der Waals surface area contributed by atoms with E-state index in [-0.39, 0.29) is 6.42 Å². The standard InChI is InChI=1S/C23H29NO6/c1-23(2,3)30-22(26)24-17(21(25)29-6)14-15-9-7-10-16(13-15)20-18(27-4)11-8-12-19(20)28-5/h7-13,17H,14H2,1-6H3,(H,24,26)/t17-/m0/s1. The fourth-order valence-corrected chi connectivity index (χ4v) is 3.01. The maximum Gasteiger partial charge on any atom is 0.408 e. The summed E-state index contributed by atoms with van der Waals surface area (Å²) in [5, 5.41) is 2.59. The zero-order chi connectivity index (χ0) is 22.3. The van der Waals surface area contributed by atoms with E-state index in [9.17, 15) is 9.59 Å². The quantitative estimate of drug-likeness (QED) is 0.689. The maximum atomic E-state index is 12.2. The second-order valence-corrected chi connectivity index (χ2v) is 7.66. The van der Waals surface area contributed by atoms with E-state index in [1.165, 1.54) is 7.11 Å². The lowest BCUT2D eigenvalue weighted by Gasteiger charge is -2.22. The predicted molar refractivity (Wildman–Crippen MR) is 114 cm³/mol. The van der Waals surface area contributed by atoms with E-state index >= 15 is 0 Å². The molecule has 0 aromatic heterocycles. The zero-order valence-corrected chi connectivity index (χ0v) is 18.3. The van der Waals surface area contributed by atoms with Crippen molar-refractivity contribution in [3.05, 3.63) is 48.0 Å². The van der Waals surface area contributed by atoms with Gasteiger partial charge >= 0.3 is 12.1 Å². The van der Waals surface area contributed by atoms with Crippen molar-refractivity contribution in [3.63, 3.8) is 0 Å². The Morgan fingerprint density at radius 3 is 2.10 bits per heavy atom. The summed E-state index contributed by atoms with van der Waals surface area (Å²) in [6, 6.07) is 12.3. The minimum absolute atomic E-state index is 0.233. The molecule has 2 rings (SSSR count). The Kier molecular flexibility index (Phi) is 7.69. The molecule has 0 saturated heterocycles. The maximum absolute atomic E-state index is 12.2. The van der Waals surface area contributed by atoms with Crippen molar-refractivity contribution < 1.29 is 28.5 Å². The molecule has 0 heterocycles. The molecule has 0 fully saturated rings. The number of ether oxygens (including phenoxy) is 4. The number of alkyl carbamates (subject to hydrolysis) is 1. The topological polar surface area (TPSA) is 83.1 Å². The molecule has 30 heavy (non-hydrogen) atoms. The molecule has 0 aliphatic heterocycles. The van der Waals surface area contributed by atoms with Crippen LogP contribution >= 0.6 is 0 Å². The number of carbonyl (C=O) groups excluding carboxylic acids is 2. The van der Waals surface area contributed by atoms with Crippen molar-refractivity contribution >= 4 is 12.1 Å². The van der Waals surface area contributed by atoms with E-state index in [1.54, 1.807) is 35.0 Å². The van der Waals surface area contributed by atoms with Gasteiger partial charge in [-0.25, -0.2) is 9.59 Å². The Bertz CT molecular complexity index is 865. The number of carbonyl (C=O) groups is 2. The average molecular weight is 415 g/mol. The lowest BCUT2D eigenvalue weighted by atomic mass is 9.98. The molecular formula is C23H29NO6. The van der Waals surface area contributed by atoms with Gasteiger partial charge in [0.25, 0.3) is 0 Å². The molecule has 7 nitrogen and oxygen atoms in total. The third kappa shape index (κ3) is 6.14. The summed E-state index contributed by atoms with van der Waals surface area (Å²) >= 11 is 0. The van der Waals surface area contributed by atoms with Crippen LogP contribution in [-0.4, -0.2) is 45.0 Å². The number of nitrogens with one attached hydrogen (secondary N) is 1. The molecule has 0 aliphatic rings. The van der Waals surface area contributed by atoms with Gasteiger partial charge in [-0.2, -0.15) is 0 Å². The number of rotatable bonds is 7. The molecule has 0 radical (unpaired) electrons. The predicted octanol–water partition coefficient (Wildman–Crippen LogP) is 3.98. The third-order valence-electron chi connectivity index (χ3n) is 4.26. The molecule has 2 aromatic rings. The molecule has 0 bridgehead atoms. The third-order valence-corrected chi connectivity index (χ3v) is 4.26. The summed E-state index contributed by atoms with van der Waals surface area (Å²) in [6.45, 7) is 5.26.